The van der Waals surface area contributed by atoms with Gasteiger partial charge in [0, 0.05) is 11.3 Å². The molecule has 0 unspecified atom stereocenters. The van der Waals surface area contributed by atoms with E-state index in [-0.39, 0.29) is 4.90 Å². The molecule has 31 heavy (non-hydrogen) atoms. The Balaban J connectivity index is 1.49. The summed E-state index contributed by atoms with van der Waals surface area (Å²) >= 11 is 1.56. The van der Waals surface area contributed by atoms with E-state index in [9.17, 15) is 8.42 Å². The van der Waals surface area contributed by atoms with Gasteiger partial charge in [-0.05, 0) is 54.8 Å². The molecule has 5 rings (SSSR count). The van der Waals surface area contributed by atoms with Crippen LogP contribution in [0.3, 0.4) is 0 Å². The van der Waals surface area contributed by atoms with E-state index >= 15 is 0 Å². The quantitative estimate of drug-likeness (QED) is 0.424. The smallest absolute Gasteiger partial charge is 0.261 e. The van der Waals surface area contributed by atoms with Crippen LogP contribution in [0.5, 0.6) is 0 Å². The average molecular weight is 448 g/mol. The van der Waals surface area contributed by atoms with Gasteiger partial charge in [0.25, 0.3) is 10.0 Å². The predicted octanol–water partition coefficient (Wildman–Crippen LogP) is 4.63. The third kappa shape index (κ3) is 3.80. The zero-order chi connectivity index (χ0) is 21.4. The van der Waals surface area contributed by atoms with Crippen molar-refractivity contribution in [2.45, 2.75) is 11.8 Å². The Labute approximate surface area is 183 Å². The number of anilines is 1. The van der Waals surface area contributed by atoms with Gasteiger partial charge in [0.15, 0.2) is 11.5 Å². The van der Waals surface area contributed by atoms with Crippen LogP contribution < -0.4 is 4.72 Å². The normalized spacial score (nSPS) is 11.6. The van der Waals surface area contributed by atoms with E-state index in [1.54, 1.807) is 58.3 Å². The molecule has 0 saturated carbocycles. The van der Waals surface area contributed by atoms with Gasteiger partial charge in [-0.2, -0.15) is 9.61 Å². The molecule has 3 aromatic heterocycles. The minimum Gasteiger partial charge on any atom is -0.280 e. The monoisotopic (exact) mass is 447 g/mol. The van der Waals surface area contributed by atoms with E-state index < -0.39 is 10.0 Å². The van der Waals surface area contributed by atoms with Gasteiger partial charge < -0.3 is 0 Å². The zero-order valence-electron chi connectivity index (χ0n) is 16.4. The molecule has 0 aliphatic rings. The molecule has 0 aliphatic heterocycles. The molecule has 0 radical (unpaired) electrons. The summed E-state index contributed by atoms with van der Waals surface area (Å²) in [7, 11) is -3.69. The third-order valence-corrected chi connectivity index (χ3v) is 7.01. The Hall–Kier alpha value is -3.56. The topological polar surface area (TPSA) is 89.2 Å². The zero-order valence-corrected chi connectivity index (χ0v) is 18.1. The highest BCUT2D eigenvalue weighted by atomic mass is 32.2. The van der Waals surface area contributed by atoms with Crippen molar-refractivity contribution in [2.75, 3.05) is 4.72 Å². The van der Waals surface area contributed by atoms with Crippen LogP contribution in [0.2, 0.25) is 0 Å². The number of hydrogen-bond acceptors (Lipinski definition) is 6. The molecule has 0 atom stereocenters. The Morgan fingerprint density at radius 2 is 1.77 bits per heavy atom. The number of benzene rings is 2. The summed E-state index contributed by atoms with van der Waals surface area (Å²) in [5.41, 5.74) is 3.56. The second-order valence-corrected chi connectivity index (χ2v) is 9.62. The van der Waals surface area contributed by atoms with Crippen molar-refractivity contribution in [1.29, 1.82) is 0 Å². The minimum absolute atomic E-state index is 0.216. The van der Waals surface area contributed by atoms with Gasteiger partial charge in [0.1, 0.15) is 0 Å². The second kappa shape index (κ2) is 7.60. The van der Waals surface area contributed by atoms with Crippen LogP contribution in [-0.4, -0.2) is 28.2 Å². The molecule has 9 heteroatoms. The molecule has 7 nitrogen and oxygen atoms in total. The highest BCUT2D eigenvalue weighted by Gasteiger charge is 2.15. The first kappa shape index (κ1) is 19.4. The number of hydrogen-bond donors (Lipinski definition) is 1. The summed E-state index contributed by atoms with van der Waals surface area (Å²) in [5.74, 6) is 0.670. The highest BCUT2D eigenvalue weighted by molar-refractivity contribution is 7.92. The summed E-state index contributed by atoms with van der Waals surface area (Å²) in [4.78, 5) is 1.19. The van der Waals surface area contributed by atoms with Crippen molar-refractivity contribution in [3.05, 3.63) is 83.7 Å². The van der Waals surface area contributed by atoms with Crippen LogP contribution in [-0.2, 0) is 10.0 Å². The fraction of sp³-hybridized carbons (Fsp3) is 0.0455. The van der Waals surface area contributed by atoms with Gasteiger partial charge in [0.05, 0.1) is 15.5 Å². The van der Waals surface area contributed by atoms with Gasteiger partial charge in [-0.15, -0.1) is 21.5 Å². The Morgan fingerprint density at radius 1 is 0.935 bits per heavy atom. The predicted molar refractivity (Wildman–Crippen MR) is 122 cm³/mol. The van der Waals surface area contributed by atoms with Crippen molar-refractivity contribution in [3.8, 4) is 22.0 Å². The maximum atomic E-state index is 12.7. The molecule has 1 N–H and O–H groups in total. The van der Waals surface area contributed by atoms with Crippen LogP contribution >= 0.6 is 11.3 Å². The summed E-state index contributed by atoms with van der Waals surface area (Å²) in [6.07, 6.45) is 0. The van der Waals surface area contributed by atoms with E-state index in [1.807, 2.05) is 42.6 Å². The fourth-order valence-corrected chi connectivity index (χ4v) is 4.92. The summed E-state index contributed by atoms with van der Waals surface area (Å²) < 4.78 is 29.8. The molecule has 3 heterocycles. The maximum absolute atomic E-state index is 12.7. The lowest BCUT2D eigenvalue weighted by Crippen LogP contribution is -2.12. The lowest BCUT2D eigenvalue weighted by Gasteiger charge is -2.10. The highest BCUT2D eigenvalue weighted by Crippen LogP contribution is 2.26. The molecule has 0 saturated heterocycles. The Morgan fingerprint density at radius 3 is 2.55 bits per heavy atom. The Kier molecular flexibility index (Phi) is 4.76. The van der Waals surface area contributed by atoms with E-state index in [2.05, 4.69) is 20.0 Å². The number of aromatic nitrogens is 4. The molecule has 2 aromatic carbocycles. The molecule has 0 aliphatic carbocycles. The van der Waals surface area contributed by atoms with Gasteiger partial charge in [-0.3, -0.25) is 4.72 Å². The number of sulfonamides is 1. The average Bonchev–Trinajstić information content (AvgIpc) is 3.43. The van der Waals surface area contributed by atoms with Gasteiger partial charge in [-0.25, -0.2) is 8.42 Å². The molecule has 0 spiro atoms. The van der Waals surface area contributed by atoms with E-state index in [1.165, 1.54) is 0 Å². The van der Waals surface area contributed by atoms with Crippen LogP contribution in [0.1, 0.15) is 5.56 Å². The standard InChI is InChI=1S/C22H17N5O2S2/c1-15-7-9-18(10-8-15)31(28,29)26-17-5-2-4-16(14-17)19-11-12-21-23-24-22(27(21)25-19)20-6-3-13-30-20/h2-14,26H,1H3. The van der Waals surface area contributed by atoms with Crippen molar-refractivity contribution >= 4 is 32.7 Å². The molecule has 0 fully saturated rings. The molecular weight excluding hydrogens is 430 g/mol. The number of rotatable bonds is 5. The van der Waals surface area contributed by atoms with Crippen molar-refractivity contribution in [3.63, 3.8) is 0 Å². The number of aryl methyl sites for hydroxylation is 1. The first-order valence-electron chi connectivity index (χ1n) is 9.46. The van der Waals surface area contributed by atoms with Crippen molar-refractivity contribution < 1.29 is 8.42 Å². The first-order valence-corrected chi connectivity index (χ1v) is 11.8. The minimum atomic E-state index is -3.69. The van der Waals surface area contributed by atoms with Crippen LogP contribution in [0.25, 0.3) is 27.6 Å². The van der Waals surface area contributed by atoms with E-state index in [4.69, 9.17) is 0 Å². The molecular formula is C22H17N5O2S2. The molecule has 5 aromatic rings. The summed E-state index contributed by atoms with van der Waals surface area (Å²) in [6.45, 7) is 1.91. The first-order chi connectivity index (χ1) is 15.0. The van der Waals surface area contributed by atoms with E-state index in [0.29, 0.717) is 22.9 Å². The summed E-state index contributed by atoms with van der Waals surface area (Å²) in [5, 5.41) is 15.1. The van der Waals surface area contributed by atoms with Crippen molar-refractivity contribution in [1.82, 2.24) is 19.8 Å². The number of fused-ring (bicyclic) bond motifs is 1. The lowest BCUT2D eigenvalue weighted by molar-refractivity contribution is 0.601. The molecule has 0 amide bonds. The second-order valence-electron chi connectivity index (χ2n) is 6.99. The number of nitrogens with zero attached hydrogens (tertiary/aromatic N) is 4. The van der Waals surface area contributed by atoms with E-state index in [0.717, 1.165) is 16.0 Å². The lowest BCUT2D eigenvalue weighted by atomic mass is 10.1. The van der Waals surface area contributed by atoms with Gasteiger partial charge >= 0.3 is 0 Å². The van der Waals surface area contributed by atoms with Crippen molar-refractivity contribution in [2.24, 2.45) is 0 Å². The SMILES string of the molecule is Cc1ccc(S(=O)(=O)Nc2cccc(-c3ccc4nnc(-c5cccs5)n4n3)c2)cc1. The third-order valence-electron chi connectivity index (χ3n) is 4.75. The largest absolute Gasteiger partial charge is 0.280 e. The van der Waals surface area contributed by atoms with Crippen LogP contribution in [0, 0.1) is 6.92 Å². The van der Waals surface area contributed by atoms with Crippen LogP contribution in [0.4, 0.5) is 5.69 Å². The number of thiophene rings is 1. The van der Waals surface area contributed by atoms with Gasteiger partial charge in [0.2, 0.25) is 0 Å². The molecule has 0 bridgehead atoms. The molecule has 154 valence electrons. The maximum Gasteiger partial charge on any atom is 0.261 e. The summed E-state index contributed by atoms with van der Waals surface area (Å²) in [6, 6.07) is 21.5. The number of nitrogens with one attached hydrogen (secondary N) is 1. The fourth-order valence-electron chi connectivity index (χ4n) is 3.18. The Bertz CT molecular complexity index is 1470. The van der Waals surface area contributed by atoms with Crippen LogP contribution in [0.15, 0.2) is 83.1 Å². The van der Waals surface area contributed by atoms with Gasteiger partial charge in [-0.1, -0.05) is 35.9 Å².